The molecule has 1 aliphatic carbocycles. The summed E-state index contributed by atoms with van der Waals surface area (Å²) in [5.41, 5.74) is 0.866. The van der Waals surface area contributed by atoms with Gasteiger partial charge in [-0.15, -0.1) is 0 Å². The molecule has 0 spiro atoms. The fourth-order valence-corrected chi connectivity index (χ4v) is 3.39. The van der Waals surface area contributed by atoms with Crippen LogP contribution in [-0.2, 0) is 6.42 Å². The number of nitrogens with one attached hydrogen (secondary N) is 2. The highest BCUT2D eigenvalue weighted by Crippen LogP contribution is 2.25. The average Bonchev–Trinajstić information content (AvgIpc) is 2.62. The molecule has 2 N–H and O–H groups in total. The second-order valence-corrected chi connectivity index (χ2v) is 6.74. The summed E-state index contributed by atoms with van der Waals surface area (Å²) in [6.45, 7) is 1.87. The summed E-state index contributed by atoms with van der Waals surface area (Å²) < 4.78 is 32.2. The molecular weight excluding hydrogens is 354 g/mol. The lowest BCUT2D eigenvalue weighted by molar-refractivity contribution is 0.0892. The molecule has 1 aliphatic rings. The van der Waals surface area contributed by atoms with E-state index in [1.54, 1.807) is 6.07 Å². The van der Waals surface area contributed by atoms with Gasteiger partial charge in [0.2, 0.25) is 5.56 Å². The minimum atomic E-state index is -0.668. The second-order valence-electron chi connectivity index (χ2n) is 6.74. The van der Waals surface area contributed by atoms with Gasteiger partial charge in [0.15, 0.2) is 0 Å². The van der Waals surface area contributed by atoms with Crippen LogP contribution in [0.5, 0.6) is 5.75 Å². The van der Waals surface area contributed by atoms with Crippen molar-refractivity contribution in [2.45, 2.75) is 51.2 Å². The molecule has 2 aromatic rings. The normalized spacial score (nSPS) is 19.5. The molecule has 1 fully saturated rings. The van der Waals surface area contributed by atoms with E-state index in [4.69, 9.17) is 4.74 Å². The van der Waals surface area contributed by atoms with Gasteiger partial charge in [0.05, 0.1) is 11.7 Å². The molecule has 5 nitrogen and oxygen atoms in total. The van der Waals surface area contributed by atoms with Crippen LogP contribution in [0.2, 0.25) is 0 Å². The fourth-order valence-electron chi connectivity index (χ4n) is 3.39. The molecule has 0 saturated heterocycles. The van der Waals surface area contributed by atoms with Crippen molar-refractivity contribution in [3.8, 4) is 5.75 Å². The number of halogens is 2. The Bertz CT molecular complexity index is 854. The van der Waals surface area contributed by atoms with Crippen LogP contribution in [0.4, 0.5) is 8.78 Å². The monoisotopic (exact) mass is 376 g/mol. The Balaban J connectivity index is 1.55. The first-order valence-corrected chi connectivity index (χ1v) is 9.10. The van der Waals surface area contributed by atoms with Gasteiger partial charge in [-0.25, -0.2) is 8.78 Å². The van der Waals surface area contributed by atoms with Crippen molar-refractivity contribution < 1.29 is 18.3 Å². The Morgan fingerprint density at radius 3 is 2.44 bits per heavy atom. The van der Waals surface area contributed by atoms with Crippen LogP contribution in [0.25, 0.3) is 0 Å². The summed E-state index contributed by atoms with van der Waals surface area (Å²) in [7, 11) is 0. The molecule has 0 atom stereocenters. The number of H-pyrrole nitrogens is 1. The summed E-state index contributed by atoms with van der Waals surface area (Å²) in [4.78, 5) is 26.6. The number of aromatic amines is 1. The number of ether oxygens (including phenoxy) is 1. The molecule has 1 aromatic carbocycles. The first-order chi connectivity index (χ1) is 12.9. The van der Waals surface area contributed by atoms with E-state index in [-0.39, 0.29) is 29.4 Å². The molecular formula is C20H22F2N2O3. The summed E-state index contributed by atoms with van der Waals surface area (Å²) in [6.07, 6.45) is 3.19. The number of hydrogen-bond acceptors (Lipinski definition) is 3. The molecule has 0 aliphatic heterocycles. The first kappa shape index (κ1) is 19.1. The minimum absolute atomic E-state index is 0.00164. The van der Waals surface area contributed by atoms with E-state index in [0.29, 0.717) is 43.4 Å². The summed E-state index contributed by atoms with van der Waals surface area (Å²) in [5.74, 6) is -1.36. The van der Waals surface area contributed by atoms with Gasteiger partial charge in [-0.1, -0.05) is 6.92 Å². The topological polar surface area (TPSA) is 71.2 Å². The Kier molecular flexibility index (Phi) is 5.88. The van der Waals surface area contributed by atoms with E-state index in [9.17, 15) is 18.4 Å². The van der Waals surface area contributed by atoms with Crippen molar-refractivity contribution in [2.75, 3.05) is 0 Å². The molecule has 27 heavy (non-hydrogen) atoms. The molecule has 0 unspecified atom stereocenters. The quantitative estimate of drug-likeness (QED) is 0.841. The van der Waals surface area contributed by atoms with E-state index in [2.05, 4.69) is 10.3 Å². The van der Waals surface area contributed by atoms with Crippen molar-refractivity contribution >= 4 is 5.91 Å². The third-order valence-electron chi connectivity index (χ3n) is 4.75. The molecule has 1 saturated carbocycles. The van der Waals surface area contributed by atoms with Crippen molar-refractivity contribution in [3.63, 3.8) is 0 Å². The number of carbonyl (C=O) groups is 1. The Morgan fingerprint density at radius 1 is 1.15 bits per heavy atom. The standard InChI is InChI=1S/C20H22F2N2O3/c1-2-18-17(7-8-19(25)24-18)20(26)23-14-3-5-15(6-4-14)27-16-10-12(21)9-13(22)11-16/h7-11,14-15H,2-6H2,1H3,(H,23,26)(H,24,25). The highest BCUT2D eigenvalue weighted by atomic mass is 19.1. The molecule has 0 bridgehead atoms. The molecule has 3 rings (SSSR count). The van der Waals surface area contributed by atoms with Crippen LogP contribution >= 0.6 is 0 Å². The van der Waals surface area contributed by atoms with Crippen molar-refractivity contribution in [2.24, 2.45) is 0 Å². The smallest absolute Gasteiger partial charge is 0.253 e. The lowest BCUT2D eigenvalue weighted by atomic mass is 9.92. The minimum Gasteiger partial charge on any atom is -0.490 e. The molecule has 0 radical (unpaired) electrons. The Labute approximate surface area is 155 Å². The maximum Gasteiger partial charge on any atom is 0.253 e. The first-order valence-electron chi connectivity index (χ1n) is 9.10. The summed E-state index contributed by atoms with van der Waals surface area (Å²) >= 11 is 0. The highest BCUT2D eigenvalue weighted by molar-refractivity contribution is 5.95. The van der Waals surface area contributed by atoms with Crippen LogP contribution in [0.15, 0.2) is 35.1 Å². The maximum absolute atomic E-state index is 13.2. The van der Waals surface area contributed by atoms with Gasteiger partial charge in [-0.3, -0.25) is 9.59 Å². The maximum atomic E-state index is 13.2. The number of amides is 1. The lowest BCUT2D eigenvalue weighted by Crippen LogP contribution is -2.40. The third kappa shape index (κ3) is 4.93. The van der Waals surface area contributed by atoms with Gasteiger partial charge in [0, 0.05) is 36.0 Å². The summed E-state index contributed by atoms with van der Waals surface area (Å²) in [6, 6.07) is 6.02. The number of pyridine rings is 1. The lowest BCUT2D eigenvalue weighted by Gasteiger charge is -2.29. The second kappa shape index (κ2) is 8.33. The van der Waals surface area contributed by atoms with Crippen molar-refractivity contribution in [3.05, 3.63) is 63.6 Å². The van der Waals surface area contributed by atoms with E-state index in [1.807, 2.05) is 6.92 Å². The molecule has 1 aromatic heterocycles. The van der Waals surface area contributed by atoms with E-state index < -0.39 is 11.6 Å². The number of aryl methyl sites for hydroxylation is 1. The van der Waals surface area contributed by atoms with Gasteiger partial charge in [-0.2, -0.15) is 0 Å². The number of carbonyl (C=O) groups excluding carboxylic acids is 1. The fraction of sp³-hybridized carbons (Fsp3) is 0.400. The van der Waals surface area contributed by atoms with Crippen molar-refractivity contribution in [1.82, 2.24) is 10.3 Å². The van der Waals surface area contributed by atoms with Crippen molar-refractivity contribution in [1.29, 1.82) is 0 Å². The van der Waals surface area contributed by atoms with Crippen LogP contribution in [0.3, 0.4) is 0 Å². The van der Waals surface area contributed by atoms with E-state index in [1.165, 1.54) is 18.2 Å². The number of rotatable bonds is 5. The molecule has 7 heteroatoms. The SMILES string of the molecule is CCc1[nH]c(=O)ccc1C(=O)NC1CCC(Oc2cc(F)cc(F)c2)CC1. The zero-order chi connectivity index (χ0) is 19.4. The number of hydrogen-bond donors (Lipinski definition) is 2. The van der Waals surface area contributed by atoms with E-state index in [0.717, 1.165) is 6.07 Å². The van der Waals surface area contributed by atoms with Gasteiger partial charge in [0.25, 0.3) is 5.91 Å². The zero-order valence-corrected chi connectivity index (χ0v) is 15.1. The van der Waals surface area contributed by atoms with Gasteiger partial charge >= 0.3 is 0 Å². The highest BCUT2D eigenvalue weighted by Gasteiger charge is 2.25. The molecule has 1 amide bonds. The van der Waals surface area contributed by atoms with Gasteiger partial charge in [-0.05, 0) is 38.2 Å². The number of aromatic nitrogens is 1. The summed E-state index contributed by atoms with van der Waals surface area (Å²) in [5, 5.41) is 3.00. The predicted molar refractivity (Wildman–Crippen MR) is 96.9 cm³/mol. The van der Waals surface area contributed by atoms with Crippen LogP contribution in [-0.4, -0.2) is 23.0 Å². The third-order valence-corrected chi connectivity index (χ3v) is 4.75. The van der Waals surface area contributed by atoms with Crippen LogP contribution in [0, 0.1) is 11.6 Å². The zero-order valence-electron chi connectivity index (χ0n) is 15.1. The Morgan fingerprint density at radius 2 is 1.81 bits per heavy atom. The van der Waals surface area contributed by atoms with Gasteiger partial charge in [0.1, 0.15) is 17.4 Å². The van der Waals surface area contributed by atoms with E-state index >= 15 is 0 Å². The van der Waals surface area contributed by atoms with Crippen LogP contribution in [0.1, 0.15) is 48.7 Å². The Hall–Kier alpha value is -2.70. The van der Waals surface area contributed by atoms with Crippen LogP contribution < -0.4 is 15.6 Å². The largest absolute Gasteiger partial charge is 0.490 e. The molecule has 144 valence electrons. The molecule has 1 heterocycles. The average molecular weight is 376 g/mol. The predicted octanol–water partition coefficient (Wildman–Crippen LogP) is 3.34. The van der Waals surface area contributed by atoms with Gasteiger partial charge < -0.3 is 15.0 Å². The number of benzene rings is 1.